The van der Waals surface area contributed by atoms with Crippen LogP contribution >= 0.6 is 0 Å². The number of benzene rings is 1. The molecule has 4 nitrogen and oxygen atoms in total. The molecule has 3 rings (SSSR count). The van der Waals surface area contributed by atoms with Gasteiger partial charge in [0, 0.05) is 19.6 Å². The van der Waals surface area contributed by atoms with Gasteiger partial charge in [-0.25, -0.2) is 0 Å². The van der Waals surface area contributed by atoms with Gasteiger partial charge in [0.1, 0.15) is 5.75 Å². The molecule has 27 heavy (non-hydrogen) atoms. The van der Waals surface area contributed by atoms with E-state index >= 15 is 0 Å². The van der Waals surface area contributed by atoms with E-state index in [9.17, 15) is 5.11 Å². The third-order valence-corrected chi connectivity index (χ3v) is 6.44. The number of aliphatic hydroxyl groups is 1. The number of ether oxygens (including phenoxy) is 2. The smallest absolute Gasteiger partial charge is 0.119 e. The van der Waals surface area contributed by atoms with Crippen LogP contribution in [0.4, 0.5) is 0 Å². The average molecular weight is 376 g/mol. The lowest BCUT2D eigenvalue weighted by molar-refractivity contribution is -0.0744. The first-order valence-corrected chi connectivity index (χ1v) is 10.6. The summed E-state index contributed by atoms with van der Waals surface area (Å²) < 4.78 is 11.6. The summed E-state index contributed by atoms with van der Waals surface area (Å²) in [4.78, 5) is 2.33. The molecular weight excluding hydrogens is 338 g/mol. The van der Waals surface area contributed by atoms with Crippen LogP contribution in [0.3, 0.4) is 0 Å². The molecule has 0 aromatic heterocycles. The molecule has 1 heterocycles. The molecule has 1 aliphatic heterocycles. The van der Waals surface area contributed by atoms with Crippen LogP contribution in [0.25, 0.3) is 0 Å². The van der Waals surface area contributed by atoms with Crippen LogP contribution in [0.5, 0.6) is 5.75 Å². The van der Waals surface area contributed by atoms with Crippen LogP contribution < -0.4 is 4.74 Å². The van der Waals surface area contributed by atoms with E-state index in [0.717, 1.165) is 37.6 Å². The molecule has 4 heteroatoms. The summed E-state index contributed by atoms with van der Waals surface area (Å²) in [5, 5.41) is 10.6. The molecule has 0 amide bonds. The minimum Gasteiger partial charge on any atom is -0.497 e. The first kappa shape index (κ1) is 20.6. The van der Waals surface area contributed by atoms with Crippen molar-refractivity contribution in [2.75, 3.05) is 26.8 Å². The monoisotopic (exact) mass is 375 g/mol. The van der Waals surface area contributed by atoms with Gasteiger partial charge in [0.15, 0.2) is 0 Å². The number of rotatable bonds is 7. The number of β-amino-alcohol motifs (C(OH)–C–C–N with tert-alkyl or cyclic N) is 1. The summed E-state index contributed by atoms with van der Waals surface area (Å²) in [6, 6.07) is 6.33. The summed E-state index contributed by atoms with van der Waals surface area (Å²) in [5.74, 6) is 2.91. The van der Waals surface area contributed by atoms with Gasteiger partial charge in [-0.15, -0.1) is 0 Å². The largest absolute Gasteiger partial charge is 0.497 e. The molecule has 4 unspecified atom stereocenters. The van der Waals surface area contributed by atoms with Gasteiger partial charge in [0.2, 0.25) is 0 Å². The number of aliphatic hydroxyl groups excluding tert-OH is 1. The minimum atomic E-state index is -0.429. The third kappa shape index (κ3) is 5.46. The molecule has 0 radical (unpaired) electrons. The summed E-state index contributed by atoms with van der Waals surface area (Å²) >= 11 is 0. The van der Waals surface area contributed by atoms with Gasteiger partial charge in [0.25, 0.3) is 0 Å². The number of hydrogen-bond donors (Lipinski definition) is 1. The van der Waals surface area contributed by atoms with Crippen molar-refractivity contribution in [1.29, 1.82) is 0 Å². The van der Waals surface area contributed by atoms with Crippen molar-refractivity contribution in [2.24, 2.45) is 17.8 Å². The Bertz CT molecular complexity index is 603. The van der Waals surface area contributed by atoms with Gasteiger partial charge in [0.05, 0.1) is 25.9 Å². The fourth-order valence-electron chi connectivity index (χ4n) is 4.77. The normalized spacial score (nSPS) is 27.4. The van der Waals surface area contributed by atoms with Crippen molar-refractivity contribution in [3.63, 3.8) is 0 Å². The van der Waals surface area contributed by atoms with E-state index in [1.807, 2.05) is 6.07 Å². The van der Waals surface area contributed by atoms with E-state index in [1.165, 1.54) is 24.0 Å². The van der Waals surface area contributed by atoms with Gasteiger partial charge in [-0.1, -0.05) is 33.3 Å². The van der Waals surface area contributed by atoms with Crippen molar-refractivity contribution >= 4 is 0 Å². The first-order valence-electron chi connectivity index (χ1n) is 10.6. The summed E-state index contributed by atoms with van der Waals surface area (Å²) in [7, 11) is 1.71. The van der Waals surface area contributed by atoms with E-state index in [4.69, 9.17) is 9.47 Å². The van der Waals surface area contributed by atoms with Crippen LogP contribution in [-0.4, -0.2) is 49.0 Å². The minimum absolute atomic E-state index is 0.301. The van der Waals surface area contributed by atoms with Crippen LogP contribution in [0.15, 0.2) is 18.2 Å². The Kier molecular flexibility index (Phi) is 7.18. The fourth-order valence-corrected chi connectivity index (χ4v) is 4.77. The van der Waals surface area contributed by atoms with Gasteiger partial charge in [-0.2, -0.15) is 0 Å². The number of methoxy groups -OCH3 is 1. The van der Waals surface area contributed by atoms with E-state index < -0.39 is 6.10 Å². The Morgan fingerprint density at radius 3 is 2.78 bits per heavy atom. The first-order chi connectivity index (χ1) is 13.0. The maximum absolute atomic E-state index is 10.6. The Morgan fingerprint density at radius 2 is 2.04 bits per heavy atom. The fraction of sp³-hybridized carbons (Fsp3) is 0.739. The van der Waals surface area contributed by atoms with Crippen molar-refractivity contribution in [2.45, 2.75) is 65.2 Å². The second-order valence-electron chi connectivity index (χ2n) is 8.97. The Morgan fingerprint density at radius 1 is 1.22 bits per heavy atom. The average Bonchev–Trinajstić information content (AvgIpc) is 2.65. The lowest BCUT2D eigenvalue weighted by Crippen LogP contribution is -2.41. The van der Waals surface area contributed by atoms with Crippen LogP contribution in [-0.2, 0) is 17.7 Å². The summed E-state index contributed by atoms with van der Waals surface area (Å²) in [6.45, 7) is 9.90. The van der Waals surface area contributed by atoms with Crippen LogP contribution in [0, 0.1) is 17.8 Å². The molecule has 0 bridgehead atoms. The Balaban J connectivity index is 1.49. The standard InChI is InChI=1S/C23H37NO3/c1-16(2)22-8-5-17(3)11-23(22)27-15-20(25)14-24-10-9-18-6-7-21(26-4)12-19(18)13-24/h6-7,12,16-17,20,22-23,25H,5,8-11,13-15H2,1-4H3. The van der Waals surface area contributed by atoms with Crippen LogP contribution in [0.2, 0.25) is 0 Å². The zero-order chi connectivity index (χ0) is 19.4. The lowest BCUT2D eigenvalue weighted by Gasteiger charge is -2.38. The summed E-state index contributed by atoms with van der Waals surface area (Å²) in [6.07, 6.45) is 4.60. The molecule has 1 saturated carbocycles. The lowest BCUT2D eigenvalue weighted by atomic mass is 9.75. The molecule has 0 saturated heterocycles. The third-order valence-electron chi connectivity index (χ3n) is 6.44. The highest BCUT2D eigenvalue weighted by Crippen LogP contribution is 2.35. The molecule has 1 aromatic carbocycles. The van der Waals surface area contributed by atoms with Gasteiger partial charge in [-0.05, 0) is 60.3 Å². The zero-order valence-corrected chi connectivity index (χ0v) is 17.5. The zero-order valence-electron chi connectivity index (χ0n) is 17.5. The predicted molar refractivity (Wildman–Crippen MR) is 109 cm³/mol. The second-order valence-corrected chi connectivity index (χ2v) is 8.97. The molecule has 152 valence electrons. The maximum atomic E-state index is 10.6. The SMILES string of the molecule is COc1ccc2c(c1)CN(CC(O)COC1CC(C)CCC1C(C)C)CC2. The van der Waals surface area contributed by atoms with Crippen molar-refractivity contribution in [1.82, 2.24) is 4.90 Å². The highest BCUT2D eigenvalue weighted by atomic mass is 16.5. The number of nitrogens with zero attached hydrogens (tertiary/aromatic N) is 1. The predicted octanol–water partition coefficient (Wildman–Crippen LogP) is 3.89. The van der Waals surface area contributed by atoms with Gasteiger partial charge >= 0.3 is 0 Å². The van der Waals surface area contributed by atoms with Crippen LogP contribution in [0.1, 0.15) is 51.2 Å². The maximum Gasteiger partial charge on any atom is 0.119 e. The molecule has 4 atom stereocenters. The molecule has 1 fully saturated rings. The van der Waals surface area contributed by atoms with E-state index in [2.05, 4.69) is 37.8 Å². The molecule has 2 aliphatic rings. The number of fused-ring (bicyclic) bond motifs is 1. The second kappa shape index (κ2) is 9.40. The Labute approximate surface area is 164 Å². The van der Waals surface area contributed by atoms with E-state index in [-0.39, 0.29) is 0 Å². The molecule has 1 aromatic rings. The molecule has 1 N–H and O–H groups in total. The van der Waals surface area contributed by atoms with Gasteiger partial charge in [-0.3, -0.25) is 4.90 Å². The van der Waals surface area contributed by atoms with E-state index in [0.29, 0.717) is 31.1 Å². The van der Waals surface area contributed by atoms with Gasteiger partial charge < -0.3 is 14.6 Å². The molecule has 0 spiro atoms. The highest BCUT2D eigenvalue weighted by Gasteiger charge is 2.32. The molecular formula is C23H37NO3. The number of hydrogen-bond acceptors (Lipinski definition) is 4. The topological polar surface area (TPSA) is 41.9 Å². The molecule has 1 aliphatic carbocycles. The highest BCUT2D eigenvalue weighted by molar-refractivity contribution is 5.37. The van der Waals surface area contributed by atoms with Crippen molar-refractivity contribution in [3.8, 4) is 5.75 Å². The summed E-state index contributed by atoms with van der Waals surface area (Å²) in [5.41, 5.74) is 2.71. The van der Waals surface area contributed by atoms with Crippen molar-refractivity contribution in [3.05, 3.63) is 29.3 Å². The quantitative estimate of drug-likeness (QED) is 0.785. The Hall–Kier alpha value is -1.10. The van der Waals surface area contributed by atoms with Crippen molar-refractivity contribution < 1.29 is 14.6 Å². The van der Waals surface area contributed by atoms with E-state index in [1.54, 1.807) is 7.11 Å².